The SMILES string of the molecule is CN(Cc1cn2ccccc2n1)C(=O)c1ccn(C)n1. The zero-order valence-corrected chi connectivity index (χ0v) is 11.4. The van der Waals surface area contributed by atoms with E-state index in [1.165, 1.54) is 0 Å². The molecular weight excluding hydrogens is 254 g/mol. The fourth-order valence-electron chi connectivity index (χ4n) is 2.10. The van der Waals surface area contributed by atoms with Crippen molar-refractivity contribution in [1.82, 2.24) is 24.1 Å². The van der Waals surface area contributed by atoms with Crippen LogP contribution in [0.2, 0.25) is 0 Å². The fourth-order valence-corrected chi connectivity index (χ4v) is 2.10. The van der Waals surface area contributed by atoms with Gasteiger partial charge in [0.2, 0.25) is 0 Å². The van der Waals surface area contributed by atoms with Crippen molar-refractivity contribution < 1.29 is 4.79 Å². The first-order valence-electron chi connectivity index (χ1n) is 6.31. The molecule has 20 heavy (non-hydrogen) atoms. The smallest absolute Gasteiger partial charge is 0.274 e. The van der Waals surface area contributed by atoms with Gasteiger partial charge >= 0.3 is 0 Å². The molecule has 0 atom stereocenters. The number of pyridine rings is 1. The minimum atomic E-state index is -0.109. The average molecular weight is 269 g/mol. The Morgan fingerprint density at radius 3 is 2.85 bits per heavy atom. The van der Waals surface area contributed by atoms with E-state index in [9.17, 15) is 4.79 Å². The zero-order valence-electron chi connectivity index (χ0n) is 11.4. The number of fused-ring (bicyclic) bond motifs is 1. The number of imidazole rings is 1. The molecule has 0 unspecified atom stereocenters. The standard InChI is InChI=1S/C14H15N5O/c1-17(14(20)12-6-8-18(2)16-12)9-11-10-19-7-4-3-5-13(19)15-11/h3-8,10H,9H2,1-2H3. The first-order valence-corrected chi connectivity index (χ1v) is 6.31. The summed E-state index contributed by atoms with van der Waals surface area (Å²) in [5, 5.41) is 4.12. The third-order valence-corrected chi connectivity index (χ3v) is 3.09. The number of carbonyl (C=O) groups is 1. The zero-order chi connectivity index (χ0) is 14.1. The van der Waals surface area contributed by atoms with E-state index < -0.39 is 0 Å². The van der Waals surface area contributed by atoms with Gasteiger partial charge in [-0.05, 0) is 18.2 Å². The summed E-state index contributed by atoms with van der Waals surface area (Å²) in [7, 11) is 3.54. The molecule has 3 heterocycles. The van der Waals surface area contributed by atoms with Crippen molar-refractivity contribution in [1.29, 1.82) is 0 Å². The van der Waals surface area contributed by atoms with Gasteiger partial charge in [0.1, 0.15) is 11.3 Å². The third-order valence-electron chi connectivity index (χ3n) is 3.09. The molecule has 0 aliphatic carbocycles. The lowest BCUT2D eigenvalue weighted by Gasteiger charge is -2.13. The number of rotatable bonds is 3. The number of aromatic nitrogens is 4. The average Bonchev–Trinajstić information content (AvgIpc) is 3.03. The Bertz CT molecular complexity index is 725. The van der Waals surface area contributed by atoms with Gasteiger partial charge in [0.05, 0.1) is 12.2 Å². The van der Waals surface area contributed by atoms with Gasteiger partial charge in [0.15, 0.2) is 0 Å². The molecule has 0 aliphatic rings. The highest BCUT2D eigenvalue weighted by Gasteiger charge is 2.15. The monoisotopic (exact) mass is 269 g/mol. The van der Waals surface area contributed by atoms with E-state index in [-0.39, 0.29) is 5.91 Å². The Kier molecular flexibility index (Phi) is 2.98. The minimum absolute atomic E-state index is 0.109. The molecule has 0 aromatic carbocycles. The molecule has 0 N–H and O–H groups in total. The molecule has 0 fully saturated rings. The number of nitrogens with zero attached hydrogens (tertiary/aromatic N) is 5. The van der Waals surface area contributed by atoms with Crippen molar-refractivity contribution in [3.05, 3.63) is 54.2 Å². The van der Waals surface area contributed by atoms with Crippen LogP contribution in [0.15, 0.2) is 42.9 Å². The van der Waals surface area contributed by atoms with Gasteiger partial charge < -0.3 is 9.30 Å². The normalized spacial score (nSPS) is 10.9. The van der Waals surface area contributed by atoms with Crippen LogP contribution in [0.5, 0.6) is 0 Å². The van der Waals surface area contributed by atoms with Crippen molar-refractivity contribution in [2.24, 2.45) is 7.05 Å². The first-order chi connectivity index (χ1) is 9.63. The molecule has 102 valence electrons. The Hall–Kier alpha value is -2.63. The van der Waals surface area contributed by atoms with E-state index >= 15 is 0 Å². The summed E-state index contributed by atoms with van der Waals surface area (Å²) in [6, 6.07) is 7.53. The summed E-state index contributed by atoms with van der Waals surface area (Å²) in [5.41, 5.74) is 2.17. The van der Waals surface area contributed by atoms with Crippen molar-refractivity contribution >= 4 is 11.6 Å². The molecule has 3 aromatic rings. The van der Waals surface area contributed by atoms with Gasteiger partial charge in [0, 0.05) is 32.7 Å². The van der Waals surface area contributed by atoms with Gasteiger partial charge in [-0.3, -0.25) is 9.48 Å². The van der Waals surface area contributed by atoms with E-state index in [0.717, 1.165) is 11.3 Å². The topological polar surface area (TPSA) is 55.4 Å². The Balaban J connectivity index is 1.78. The number of aryl methyl sites for hydroxylation is 1. The lowest BCUT2D eigenvalue weighted by atomic mass is 10.3. The maximum absolute atomic E-state index is 12.2. The molecule has 0 saturated carbocycles. The number of amides is 1. The molecule has 6 heteroatoms. The van der Waals surface area contributed by atoms with Gasteiger partial charge in [-0.1, -0.05) is 6.07 Å². The second kappa shape index (κ2) is 4.80. The highest BCUT2D eigenvalue weighted by atomic mass is 16.2. The molecule has 3 rings (SSSR count). The van der Waals surface area contributed by atoms with E-state index in [1.807, 2.05) is 35.0 Å². The minimum Gasteiger partial charge on any atom is -0.334 e. The van der Waals surface area contributed by atoms with Crippen LogP contribution in [-0.4, -0.2) is 37.0 Å². The Morgan fingerprint density at radius 1 is 1.30 bits per heavy atom. The second-order valence-electron chi connectivity index (χ2n) is 4.73. The van der Waals surface area contributed by atoms with Crippen molar-refractivity contribution in [3.8, 4) is 0 Å². The largest absolute Gasteiger partial charge is 0.334 e. The fraction of sp³-hybridized carbons (Fsp3) is 0.214. The van der Waals surface area contributed by atoms with Crippen molar-refractivity contribution in [3.63, 3.8) is 0 Å². The van der Waals surface area contributed by atoms with Crippen LogP contribution in [0, 0.1) is 0 Å². The summed E-state index contributed by atoms with van der Waals surface area (Å²) < 4.78 is 3.56. The molecule has 0 radical (unpaired) electrons. The van der Waals surface area contributed by atoms with Gasteiger partial charge in [-0.2, -0.15) is 5.10 Å². The molecule has 6 nitrogen and oxygen atoms in total. The van der Waals surface area contributed by atoms with Gasteiger partial charge in [0.25, 0.3) is 5.91 Å². The summed E-state index contributed by atoms with van der Waals surface area (Å²) in [6.07, 6.45) is 5.62. The molecule has 0 saturated heterocycles. The third kappa shape index (κ3) is 2.27. The van der Waals surface area contributed by atoms with Crippen LogP contribution < -0.4 is 0 Å². The predicted octanol–water partition coefficient (Wildman–Crippen LogP) is 1.34. The van der Waals surface area contributed by atoms with E-state index in [0.29, 0.717) is 12.2 Å². The van der Waals surface area contributed by atoms with Gasteiger partial charge in [-0.15, -0.1) is 0 Å². The van der Waals surface area contributed by atoms with Crippen molar-refractivity contribution in [2.75, 3.05) is 7.05 Å². The maximum atomic E-state index is 12.2. The highest BCUT2D eigenvalue weighted by molar-refractivity contribution is 5.91. The molecule has 1 amide bonds. The molecule has 3 aromatic heterocycles. The lowest BCUT2D eigenvalue weighted by Crippen LogP contribution is -2.26. The molecule has 0 aliphatic heterocycles. The quantitative estimate of drug-likeness (QED) is 0.721. The van der Waals surface area contributed by atoms with Crippen molar-refractivity contribution in [2.45, 2.75) is 6.54 Å². The van der Waals surface area contributed by atoms with Crippen LogP contribution in [0.25, 0.3) is 5.65 Å². The highest BCUT2D eigenvalue weighted by Crippen LogP contribution is 2.08. The molecule has 0 spiro atoms. The first kappa shape index (κ1) is 12.4. The summed E-state index contributed by atoms with van der Waals surface area (Å²) >= 11 is 0. The van der Waals surface area contributed by atoms with E-state index in [4.69, 9.17) is 0 Å². The van der Waals surface area contributed by atoms with Crippen LogP contribution >= 0.6 is 0 Å². The van der Waals surface area contributed by atoms with Crippen LogP contribution in [0.3, 0.4) is 0 Å². The predicted molar refractivity (Wildman–Crippen MR) is 74.2 cm³/mol. The second-order valence-corrected chi connectivity index (χ2v) is 4.73. The van der Waals surface area contributed by atoms with E-state index in [2.05, 4.69) is 10.1 Å². The van der Waals surface area contributed by atoms with E-state index in [1.54, 1.807) is 35.9 Å². The molecule has 0 bridgehead atoms. The maximum Gasteiger partial charge on any atom is 0.274 e. The van der Waals surface area contributed by atoms with Crippen LogP contribution in [0.4, 0.5) is 0 Å². The lowest BCUT2D eigenvalue weighted by molar-refractivity contribution is 0.0777. The molecular formula is C14H15N5O. The number of hydrogen-bond acceptors (Lipinski definition) is 3. The summed E-state index contributed by atoms with van der Waals surface area (Å²) in [5.74, 6) is -0.109. The number of hydrogen-bond donors (Lipinski definition) is 0. The summed E-state index contributed by atoms with van der Waals surface area (Å²) in [4.78, 5) is 18.3. The summed E-state index contributed by atoms with van der Waals surface area (Å²) in [6.45, 7) is 0.455. The van der Waals surface area contributed by atoms with Crippen LogP contribution in [0.1, 0.15) is 16.2 Å². The Labute approximate surface area is 116 Å². The van der Waals surface area contributed by atoms with Gasteiger partial charge in [-0.25, -0.2) is 4.98 Å². The number of carbonyl (C=O) groups excluding carboxylic acids is 1. The Morgan fingerprint density at radius 2 is 2.15 bits per heavy atom. The van der Waals surface area contributed by atoms with Crippen LogP contribution in [-0.2, 0) is 13.6 Å².